The maximum atomic E-state index is 12.6. The Morgan fingerprint density at radius 2 is 1.94 bits per heavy atom. The van der Waals surface area contributed by atoms with E-state index in [0.29, 0.717) is 43.4 Å². The summed E-state index contributed by atoms with van der Waals surface area (Å²) in [6.07, 6.45) is 2.99. The van der Waals surface area contributed by atoms with E-state index >= 15 is 0 Å². The summed E-state index contributed by atoms with van der Waals surface area (Å²) in [4.78, 5) is 25.8. The van der Waals surface area contributed by atoms with Gasteiger partial charge in [0.25, 0.3) is 5.91 Å². The third-order valence-corrected chi connectivity index (χ3v) is 5.74. The minimum Gasteiger partial charge on any atom is -0.448 e. The van der Waals surface area contributed by atoms with Gasteiger partial charge >= 0.3 is 6.09 Å². The summed E-state index contributed by atoms with van der Waals surface area (Å²) in [5.41, 5.74) is 4.13. The Hall–Kier alpha value is -3.85. The fraction of sp³-hybridized carbons (Fsp3) is 0.217. The Kier molecular flexibility index (Phi) is 5.70. The second kappa shape index (κ2) is 8.95. The molecular formula is C23H21ClN6O3. The minimum absolute atomic E-state index is 0.223. The van der Waals surface area contributed by atoms with Crippen molar-refractivity contribution >= 4 is 34.5 Å². The minimum atomic E-state index is -0.272. The lowest BCUT2D eigenvalue weighted by Crippen LogP contribution is -2.23. The van der Waals surface area contributed by atoms with Crippen molar-refractivity contribution in [2.75, 3.05) is 13.2 Å². The molecule has 1 saturated heterocycles. The van der Waals surface area contributed by atoms with Crippen LogP contribution < -0.4 is 5.32 Å². The van der Waals surface area contributed by atoms with Crippen LogP contribution in [0.2, 0.25) is 5.02 Å². The van der Waals surface area contributed by atoms with Gasteiger partial charge in [-0.05, 0) is 29.3 Å². The fourth-order valence-corrected chi connectivity index (χ4v) is 3.91. The van der Waals surface area contributed by atoms with Gasteiger partial charge in [0.2, 0.25) is 0 Å². The predicted molar refractivity (Wildman–Crippen MR) is 122 cm³/mol. The second-order valence-corrected chi connectivity index (χ2v) is 8.26. The van der Waals surface area contributed by atoms with E-state index in [-0.39, 0.29) is 12.0 Å². The predicted octanol–water partition coefficient (Wildman–Crippen LogP) is 3.34. The van der Waals surface area contributed by atoms with E-state index < -0.39 is 0 Å². The van der Waals surface area contributed by atoms with Crippen LogP contribution in [-0.4, -0.2) is 50.0 Å². The molecule has 2 aromatic carbocycles. The average Bonchev–Trinajstić information content (AvgIpc) is 3.54. The fourth-order valence-electron chi connectivity index (χ4n) is 3.74. The van der Waals surface area contributed by atoms with Gasteiger partial charge in [-0.25, -0.2) is 4.79 Å². The molecule has 0 radical (unpaired) electrons. The summed E-state index contributed by atoms with van der Waals surface area (Å²) in [5.74, 6) is -0.223. The van der Waals surface area contributed by atoms with Gasteiger partial charge < -0.3 is 15.0 Å². The number of nitrogens with zero attached hydrogens (tertiary/aromatic N) is 4. The summed E-state index contributed by atoms with van der Waals surface area (Å²) >= 11 is 6.07. The standard InChI is InChI=1S/C23H21ClN6O3/c24-18-5-6-20-19(9-18)21(28-27-20)11-25-22(31)17-10-26-30(14-17)13-16-3-1-15(2-4-16)12-29-7-8-33-23(29)32/h1-6,9-10,14H,7-8,11-13H2,(H,25,31)(H,27,28). The molecule has 1 fully saturated rings. The molecule has 1 aliphatic heterocycles. The van der Waals surface area contributed by atoms with E-state index in [1.54, 1.807) is 28.0 Å². The maximum absolute atomic E-state index is 12.6. The van der Waals surface area contributed by atoms with Crippen molar-refractivity contribution in [1.29, 1.82) is 0 Å². The summed E-state index contributed by atoms with van der Waals surface area (Å²) < 4.78 is 6.67. The Morgan fingerprint density at radius 3 is 2.70 bits per heavy atom. The Labute approximate surface area is 194 Å². The lowest BCUT2D eigenvalue weighted by molar-refractivity contribution is 0.0950. The Morgan fingerprint density at radius 1 is 1.15 bits per heavy atom. The zero-order valence-electron chi connectivity index (χ0n) is 17.6. The van der Waals surface area contributed by atoms with Gasteiger partial charge in [-0.2, -0.15) is 10.2 Å². The second-order valence-electron chi connectivity index (χ2n) is 7.83. The molecule has 9 nitrogen and oxygen atoms in total. The molecule has 0 atom stereocenters. The highest BCUT2D eigenvalue weighted by Gasteiger charge is 2.21. The lowest BCUT2D eigenvalue weighted by Gasteiger charge is -2.12. The number of aromatic amines is 1. The highest BCUT2D eigenvalue weighted by Crippen LogP contribution is 2.20. The van der Waals surface area contributed by atoms with Crippen LogP contribution in [0.1, 0.15) is 27.2 Å². The maximum Gasteiger partial charge on any atom is 0.410 e. The van der Waals surface area contributed by atoms with Crippen LogP contribution in [0.4, 0.5) is 4.79 Å². The first-order chi connectivity index (χ1) is 16.0. The monoisotopic (exact) mass is 464 g/mol. The zero-order valence-corrected chi connectivity index (χ0v) is 18.4. The number of hydrogen-bond donors (Lipinski definition) is 2. The quantitative estimate of drug-likeness (QED) is 0.436. The van der Waals surface area contributed by atoms with Crippen molar-refractivity contribution in [2.45, 2.75) is 19.6 Å². The SMILES string of the molecule is O=C(NCc1[nH]nc2ccc(Cl)cc12)c1cnn(Cc2ccc(CN3CCOC3=O)cc2)c1. The Balaban J connectivity index is 1.18. The van der Waals surface area contributed by atoms with Gasteiger partial charge in [-0.1, -0.05) is 35.9 Å². The first-order valence-corrected chi connectivity index (χ1v) is 10.9. The number of carbonyl (C=O) groups is 2. The van der Waals surface area contributed by atoms with Crippen LogP contribution in [0, 0.1) is 0 Å². The van der Waals surface area contributed by atoms with Gasteiger partial charge in [0.05, 0.1) is 42.6 Å². The molecule has 33 heavy (non-hydrogen) atoms. The van der Waals surface area contributed by atoms with Crippen LogP contribution in [0.3, 0.4) is 0 Å². The van der Waals surface area contributed by atoms with Crippen molar-refractivity contribution in [3.05, 3.63) is 82.3 Å². The molecule has 0 spiro atoms. The molecule has 5 rings (SSSR count). The van der Waals surface area contributed by atoms with Crippen LogP contribution in [0.25, 0.3) is 10.9 Å². The van der Waals surface area contributed by atoms with E-state index in [4.69, 9.17) is 16.3 Å². The largest absolute Gasteiger partial charge is 0.448 e. The topological polar surface area (TPSA) is 105 Å². The van der Waals surface area contributed by atoms with Crippen molar-refractivity contribution in [3.63, 3.8) is 0 Å². The molecule has 3 heterocycles. The number of H-pyrrole nitrogens is 1. The van der Waals surface area contributed by atoms with E-state index in [0.717, 1.165) is 27.7 Å². The number of ether oxygens (including phenoxy) is 1. The number of rotatable bonds is 7. The van der Waals surface area contributed by atoms with Gasteiger partial charge in [0.15, 0.2) is 0 Å². The van der Waals surface area contributed by atoms with Crippen LogP contribution in [0.5, 0.6) is 0 Å². The highest BCUT2D eigenvalue weighted by atomic mass is 35.5. The van der Waals surface area contributed by atoms with Crippen molar-refractivity contribution < 1.29 is 14.3 Å². The van der Waals surface area contributed by atoms with E-state index in [1.807, 2.05) is 36.4 Å². The molecule has 4 aromatic rings. The molecular weight excluding hydrogens is 444 g/mol. The number of halogens is 1. The molecule has 0 saturated carbocycles. The van der Waals surface area contributed by atoms with E-state index in [9.17, 15) is 9.59 Å². The van der Waals surface area contributed by atoms with Crippen molar-refractivity contribution in [1.82, 2.24) is 30.2 Å². The average molecular weight is 465 g/mol. The van der Waals surface area contributed by atoms with E-state index in [1.165, 1.54) is 0 Å². The van der Waals surface area contributed by atoms with E-state index in [2.05, 4.69) is 20.6 Å². The van der Waals surface area contributed by atoms with Crippen LogP contribution in [0.15, 0.2) is 54.9 Å². The van der Waals surface area contributed by atoms with Crippen LogP contribution >= 0.6 is 11.6 Å². The highest BCUT2D eigenvalue weighted by molar-refractivity contribution is 6.31. The van der Waals surface area contributed by atoms with Gasteiger partial charge in [-0.15, -0.1) is 0 Å². The molecule has 0 unspecified atom stereocenters. The summed E-state index contributed by atoms with van der Waals surface area (Å²) in [7, 11) is 0. The number of nitrogens with one attached hydrogen (secondary N) is 2. The number of aromatic nitrogens is 4. The number of benzene rings is 2. The van der Waals surface area contributed by atoms with Gasteiger partial charge in [-0.3, -0.25) is 14.6 Å². The summed E-state index contributed by atoms with van der Waals surface area (Å²) in [6.45, 7) is 2.42. The molecule has 1 aliphatic rings. The third-order valence-electron chi connectivity index (χ3n) is 5.50. The Bertz CT molecular complexity index is 1310. The number of fused-ring (bicyclic) bond motifs is 1. The number of cyclic esters (lactones) is 1. The van der Waals surface area contributed by atoms with Crippen LogP contribution in [-0.2, 0) is 24.4 Å². The first kappa shape index (κ1) is 21.0. The zero-order chi connectivity index (χ0) is 22.8. The molecule has 2 aromatic heterocycles. The number of amides is 2. The summed E-state index contributed by atoms with van der Waals surface area (Å²) in [6, 6.07) is 13.4. The van der Waals surface area contributed by atoms with Crippen molar-refractivity contribution in [3.8, 4) is 0 Å². The smallest absolute Gasteiger partial charge is 0.410 e. The van der Waals surface area contributed by atoms with Crippen molar-refractivity contribution in [2.24, 2.45) is 0 Å². The molecule has 10 heteroatoms. The summed E-state index contributed by atoms with van der Waals surface area (Å²) in [5, 5.41) is 15.8. The molecule has 0 aliphatic carbocycles. The molecule has 2 amide bonds. The lowest BCUT2D eigenvalue weighted by atomic mass is 10.1. The number of hydrogen-bond acceptors (Lipinski definition) is 5. The normalized spacial score (nSPS) is 13.5. The third kappa shape index (κ3) is 4.68. The number of carbonyl (C=O) groups excluding carboxylic acids is 2. The van der Waals surface area contributed by atoms with Gasteiger partial charge in [0, 0.05) is 23.2 Å². The molecule has 168 valence electrons. The molecule has 2 N–H and O–H groups in total. The van der Waals surface area contributed by atoms with Gasteiger partial charge in [0.1, 0.15) is 6.61 Å². The molecule has 0 bridgehead atoms. The first-order valence-electron chi connectivity index (χ1n) is 10.5.